The molecule has 0 saturated heterocycles. The molecule has 0 saturated carbocycles. The van der Waals surface area contributed by atoms with Crippen LogP contribution in [0, 0.1) is 6.92 Å². The Balaban J connectivity index is 1.30. The lowest BCUT2D eigenvalue weighted by molar-refractivity contribution is 0.0927. The second-order valence-corrected chi connectivity index (χ2v) is 10.3. The van der Waals surface area contributed by atoms with Gasteiger partial charge in [0.1, 0.15) is 5.58 Å². The van der Waals surface area contributed by atoms with Gasteiger partial charge in [0.2, 0.25) is 0 Å². The number of carbonyl (C=O) groups excluding carboxylic acids is 1. The summed E-state index contributed by atoms with van der Waals surface area (Å²) in [5.74, 6) is -0.127. The van der Waals surface area contributed by atoms with Crippen LogP contribution < -0.4 is 10.0 Å². The SMILES string of the molecule is Cc1c(C(=O)NCCc2ccccn2)oc2ccc(NS(=O)(=O)c3ccc(-c4ccccc4)cc3)cc12. The van der Waals surface area contributed by atoms with E-state index in [0.29, 0.717) is 35.2 Å². The van der Waals surface area contributed by atoms with Gasteiger partial charge in [-0.1, -0.05) is 48.5 Å². The molecule has 37 heavy (non-hydrogen) atoms. The first-order valence-electron chi connectivity index (χ1n) is 11.8. The van der Waals surface area contributed by atoms with E-state index >= 15 is 0 Å². The summed E-state index contributed by atoms with van der Waals surface area (Å²) in [7, 11) is -3.81. The number of amides is 1. The minimum Gasteiger partial charge on any atom is -0.451 e. The largest absolute Gasteiger partial charge is 0.451 e. The lowest BCUT2D eigenvalue weighted by Gasteiger charge is -2.09. The lowest BCUT2D eigenvalue weighted by Crippen LogP contribution is -2.26. The molecule has 5 rings (SSSR count). The van der Waals surface area contributed by atoms with Crippen LogP contribution in [0.4, 0.5) is 5.69 Å². The summed E-state index contributed by atoms with van der Waals surface area (Å²) >= 11 is 0. The number of rotatable bonds is 8. The first-order valence-corrected chi connectivity index (χ1v) is 13.3. The number of sulfonamides is 1. The highest BCUT2D eigenvalue weighted by atomic mass is 32.2. The highest BCUT2D eigenvalue weighted by Gasteiger charge is 2.19. The zero-order chi connectivity index (χ0) is 25.8. The van der Waals surface area contributed by atoms with Gasteiger partial charge in [0.15, 0.2) is 5.76 Å². The minimum absolute atomic E-state index is 0.157. The molecule has 3 aromatic carbocycles. The van der Waals surface area contributed by atoms with E-state index in [-0.39, 0.29) is 16.6 Å². The molecular weight excluding hydrogens is 486 g/mol. The van der Waals surface area contributed by atoms with Gasteiger partial charge in [0.25, 0.3) is 15.9 Å². The molecule has 0 aliphatic heterocycles. The van der Waals surface area contributed by atoms with E-state index in [2.05, 4.69) is 15.0 Å². The van der Waals surface area contributed by atoms with Crippen molar-refractivity contribution in [2.75, 3.05) is 11.3 Å². The standard InChI is InChI=1S/C29H25N3O4S/c1-20-26-19-24(32-37(34,35)25-13-10-22(11-14-25)21-7-3-2-4-8-21)12-15-27(26)36-28(20)29(33)31-18-16-23-9-5-6-17-30-23/h2-15,17,19,32H,16,18H2,1H3,(H,31,33). The van der Waals surface area contributed by atoms with E-state index in [0.717, 1.165) is 16.8 Å². The molecule has 186 valence electrons. The average molecular weight is 512 g/mol. The summed E-state index contributed by atoms with van der Waals surface area (Å²) in [5, 5.41) is 3.52. The van der Waals surface area contributed by atoms with E-state index < -0.39 is 10.0 Å². The molecular formula is C29H25N3O4S. The van der Waals surface area contributed by atoms with Crippen molar-refractivity contribution in [3.63, 3.8) is 0 Å². The van der Waals surface area contributed by atoms with Gasteiger partial charge in [-0.2, -0.15) is 0 Å². The molecule has 7 nitrogen and oxygen atoms in total. The second kappa shape index (κ2) is 10.3. The topological polar surface area (TPSA) is 101 Å². The van der Waals surface area contributed by atoms with Crippen LogP contribution in [0.2, 0.25) is 0 Å². The average Bonchev–Trinajstić information content (AvgIpc) is 3.25. The van der Waals surface area contributed by atoms with Gasteiger partial charge >= 0.3 is 0 Å². The lowest BCUT2D eigenvalue weighted by atomic mass is 10.1. The quantitative estimate of drug-likeness (QED) is 0.283. The number of anilines is 1. The van der Waals surface area contributed by atoms with E-state index in [1.165, 1.54) is 0 Å². The van der Waals surface area contributed by atoms with Crippen LogP contribution in [-0.2, 0) is 16.4 Å². The van der Waals surface area contributed by atoms with Crippen LogP contribution in [0.25, 0.3) is 22.1 Å². The van der Waals surface area contributed by atoms with Crippen LogP contribution in [-0.4, -0.2) is 25.9 Å². The van der Waals surface area contributed by atoms with Crippen LogP contribution in [0.1, 0.15) is 21.8 Å². The number of benzene rings is 3. The van der Waals surface area contributed by atoms with Gasteiger partial charge in [0.05, 0.1) is 4.90 Å². The Morgan fingerprint density at radius 1 is 0.892 bits per heavy atom. The molecule has 0 spiro atoms. The molecule has 1 amide bonds. The molecule has 2 aromatic heterocycles. The highest BCUT2D eigenvalue weighted by molar-refractivity contribution is 7.92. The molecule has 2 heterocycles. The summed E-state index contributed by atoms with van der Waals surface area (Å²) < 4.78 is 34.4. The van der Waals surface area contributed by atoms with Crippen molar-refractivity contribution in [3.8, 4) is 11.1 Å². The number of hydrogen-bond acceptors (Lipinski definition) is 5. The van der Waals surface area contributed by atoms with Gasteiger partial charge in [0, 0.05) is 41.5 Å². The molecule has 0 fully saturated rings. The number of hydrogen-bond donors (Lipinski definition) is 2. The van der Waals surface area contributed by atoms with Crippen molar-refractivity contribution < 1.29 is 17.6 Å². The number of aromatic nitrogens is 1. The first kappa shape index (κ1) is 24.3. The third-order valence-corrected chi connectivity index (χ3v) is 7.46. The van der Waals surface area contributed by atoms with Gasteiger partial charge in [-0.25, -0.2) is 8.42 Å². The number of pyridine rings is 1. The highest BCUT2D eigenvalue weighted by Crippen LogP contribution is 2.29. The van der Waals surface area contributed by atoms with Crippen molar-refractivity contribution in [1.29, 1.82) is 0 Å². The Morgan fingerprint density at radius 3 is 2.35 bits per heavy atom. The minimum atomic E-state index is -3.81. The molecule has 5 aromatic rings. The maximum atomic E-state index is 13.0. The smallest absolute Gasteiger partial charge is 0.287 e. The van der Waals surface area contributed by atoms with Gasteiger partial charge in [-0.05, 0) is 60.5 Å². The van der Waals surface area contributed by atoms with Crippen molar-refractivity contribution in [2.45, 2.75) is 18.2 Å². The van der Waals surface area contributed by atoms with E-state index in [1.807, 2.05) is 48.5 Å². The first-order chi connectivity index (χ1) is 17.9. The van der Waals surface area contributed by atoms with Crippen LogP contribution in [0.5, 0.6) is 0 Å². The Hall–Kier alpha value is -4.43. The summed E-state index contributed by atoms with van der Waals surface area (Å²) in [6.45, 7) is 2.19. The number of nitrogens with zero attached hydrogens (tertiary/aromatic N) is 1. The maximum Gasteiger partial charge on any atom is 0.287 e. The van der Waals surface area contributed by atoms with Crippen molar-refractivity contribution in [1.82, 2.24) is 10.3 Å². The van der Waals surface area contributed by atoms with Crippen molar-refractivity contribution in [2.24, 2.45) is 0 Å². The maximum absolute atomic E-state index is 13.0. The molecule has 2 N–H and O–H groups in total. The molecule has 0 atom stereocenters. The van der Waals surface area contributed by atoms with Gasteiger partial charge in [-0.15, -0.1) is 0 Å². The molecule has 0 aliphatic rings. The summed E-state index contributed by atoms with van der Waals surface area (Å²) in [6, 6.07) is 27.1. The normalized spacial score (nSPS) is 11.4. The third kappa shape index (κ3) is 5.39. The van der Waals surface area contributed by atoms with Crippen molar-refractivity contribution in [3.05, 3.63) is 114 Å². The number of aryl methyl sites for hydroxylation is 1. The fourth-order valence-electron chi connectivity index (χ4n) is 4.10. The van der Waals surface area contributed by atoms with E-state index in [4.69, 9.17) is 4.42 Å². The van der Waals surface area contributed by atoms with Gasteiger partial charge < -0.3 is 9.73 Å². The molecule has 8 heteroatoms. The second-order valence-electron chi connectivity index (χ2n) is 8.59. The van der Waals surface area contributed by atoms with Crippen LogP contribution in [0.15, 0.2) is 107 Å². The molecule has 0 radical (unpaired) electrons. The fraction of sp³-hybridized carbons (Fsp3) is 0.103. The number of carbonyl (C=O) groups is 1. The fourth-order valence-corrected chi connectivity index (χ4v) is 5.15. The Kier molecular flexibility index (Phi) is 6.74. The summed E-state index contributed by atoms with van der Waals surface area (Å²) in [5.41, 5.74) is 4.35. The number of nitrogens with one attached hydrogen (secondary N) is 2. The Bertz CT molecular complexity index is 1650. The monoisotopic (exact) mass is 511 g/mol. The number of fused-ring (bicyclic) bond motifs is 1. The zero-order valence-electron chi connectivity index (χ0n) is 20.1. The van der Waals surface area contributed by atoms with E-state index in [9.17, 15) is 13.2 Å². The van der Waals surface area contributed by atoms with Crippen molar-refractivity contribution >= 4 is 32.6 Å². The van der Waals surface area contributed by atoms with Crippen LogP contribution >= 0.6 is 0 Å². The predicted octanol–water partition coefficient (Wildman–Crippen LogP) is 5.58. The third-order valence-electron chi connectivity index (χ3n) is 6.06. The molecule has 0 unspecified atom stereocenters. The summed E-state index contributed by atoms with van der Waals surface area (Å²) in [6.07, 6.45) is 2.32. The predicted molar refractivity (Wildman–Crippen MR) is 144 cm³/mol. The van der Waals surface area contributed by atoms with E-state index in [1.54, 1.807) is 55.6 Å². The molecule has 0 bridgehead atoms. The number of furan rings is 1. The Morgan fingerprint density at radius 2 is 1.62 bits per heavy atom. The zero-order valence-corrected chi connectivity index (χ0v) is 21.0. The van der Waals surface area contributed by atoms with Crippen LogP contribution in [0.3, 0.4) is 0 Å². The van der Waals surface area contributed by atoms with Gasteiger partial charge in [-0.3, -0.25) is 14.5 Å². The summed E-state index contributed by atoms with van der Waals surface area (Å²) in [4.78, 5) is 17.1. The molecule has 0 aliphatic carbocycles. The Labute approximate surface area is 215 Å².